The molecular weight excluding hydrogens is 294 g/mol. The lowest BCUT2D eigenvalue weighted by Gasteiger charge is -2.21. The molecular formula is C14H18BrNO2. The van der Waals surface area contributed by atoms with E-state index in [0.29, 0.717) is 13.2 Å². The van der Waals surface area contributed by atoms with Crippen LogP contribution in [0.4, 0.5) is 0 Å². The molecule has 4 heteroatoms. The highest BCUT2D eigenvalue weighted by atomic mass is 79.9. The van der Waals surface area contributed by atoms with Gasteiger partial charge in [0.15, 0.2) is 0 Å². The summed E-state index contributed by atoms with van der Waals surface area (Å²) < 4.78 is 6.73. The van der Waals surface area contributed by atoms with Gasteiger partial charge in [0.25, 0.3) is 0 Å². The smallest absolute Gasteiger partial charge is 0.127 e. The molecule has 0 saturated carbocycles. The third kappa shape index (κ3) is 3.83. The normalized spacial score (nSPS) is 14.8. The lowest BCUT2D eigenvalue weighted by Crippen LogP contribution is -2.36. The Morgan fingerprint density at radius 1 is 1.44 bits per heavy atom. The number of benzene rings is 1. The van der Waals surface area contributed by atoms with Gasteiger partial charge in [-0.25, -0.2) is 0 Å². The van der Waals surface area contributed by atoms with E-state index < -0.39 is 5.60 Å². The summed E-state index contributed by atoms with van der Waals surface area (Å²) in [6.45, 7) is 5.48. The lowest BCUT2D eigenvalue weighted by molar-refractivity contribution is 0.0806. The summed E-state index contributed by atoms with van der Waals surface area (Å²) in [5, 5.41) is 12.9. The quantitative estimate of drug-likeness (QED) is 0.898. The molecule has 0 radical (unpaired) electrons. The van der Waals surface area contributed by atoms with Gasteiger partial charge in [-0.05, 0) is 43.7 Å². The fourth-order valence-corrected chi connectivity index (χ4v) is 2.21. The highest BCUT2D eigenvalue weighted by molar-refractivity contribution is 9.10. The maximum Gasteiger partial charge on any atom is 0.127 e. The molecule has 0 aliphatic carbocycles. The van der Waals surface area contributed by atoms with Crippen molar-refractivity contribution in [2.24, 2.45) is 0 Å². The van der Waals surface area contributed by atoms with Crippen LogP contribution in [0, 0.1) is 0 Å². The monoisotopic (exact) mass is 311 g/mol. The van der Waals surface area contributed by atoms with Gasteiger partial charge in [-0.2, -0.15) is 0 Å². The molecule has 1 heterocycles. The molecule has 98 valence electrons. The van der Waals surface area contributed by atoms with Gasteiger partial charge in [-0.15, -0.1) is 0 Å². The third-order valence-electron chi connectivity index (χ3n) is 2.65. The largest absolute Gasteiger partial charge is 0.489 e. The van der Waals surface area contributed by atoms with Gasteiger partial charge in [-0.1, -0.05) is 15.9 Å². The molecule has 3 nitrogen and oxygen atoms in total. The second-order valence-electron chi connectivity index (χ2n) is 5.19. The molecule has 2 N–H and O–H groups in total. The molecule has 0 atom stereocenters. The van der Waals surface area contributed by atoms with Crippen LogP contribution >= 0.6 is 15.9 Å². The Bertz CT molecular complexity index is 463. The standard InChI is InChI=1S/C14H18BrNO2/c1-14(2,17)9-16-7-10-5-11-6-12(15)3-4-13(11)18-8-10/h3-6,16-17H,7-9H2,1-2H3. The first-order valence-corrected chi connectivity index (χ1v) is 6.78. The van der Waals surface area contributed by atoms with Crippen molar-refractivity contribution in [1.82, 2.24) is 5.32 Å². The van der Waals surface area contributed by atoms with Crippen molar-refractivity contribution in [2.45, 2.75) is 19.4 Å². The zero-order valence-electron chi connectivity index (χ0n) is 10.7. The molecule has 0 bridgehead atoms. The first kappa shape index (κ1) is 13.6. The maximum absolute atomic E-state index is 9.62. The molecule has 0 spiro atoms. The number of fused-ring (bicyclic) bond motifs is 1. The number of halogens is 1. The van der Waals surface area contributed by atoms with E-state index in [-0.39, 0.29) is 0 Å². The van der Waals surface area contributed by atoms with E-state index in [1.165, 1.54) is 5.57 Å². The molecule has 0 unspecified atom stereocenters. The van der Waals surface area contributed by atoms with Gasteiger partial charge >= 0.3 is 0 Å². The van der Waals surface area contributed by atoms with Crippen LogP contribution < -0.4 is 10.1 Å². The predicted molar refractivity (Wildman–Crippen MR) is 76.8 cm³/mol. The highest BCUT2D eigenvalue weighted by Gasteiger charge is 2.14. The maximum atomic E-state index is 9.62. The van der Waals surface area contributed by atoms with E-state index in [1.54, 1.807) is 13.8 Å². The van der Waals surface area contributed by atoms with E-state index in [1.807, 2.05) is 18.2 Å². The van der Waals surface area contributed by atoms with Crippen molar-refractivity contribution in [2.75, 3.05) is 19.7 Å². The Morgan fingerprint density at radius 3 is 2.94 bits per heavy atom. The number of hydrogen-bond acceptors (Lipinski definition) is 3. The summed E-state index contributed by atoms with van der Waals surface area (Å²) in [7, 11) is 0. The minimum atomic E-state index is -0.684. The molecule has 1 aliphatic rings. The van der Waals surface area contributed by atoms with Crippen molar-refractivity contribution < 1.29 is 9.84 Å². The molecule has 0 fully saturated rings. The second-order valence-corrected chi connectivity index (χ2v) is 6.11. The summed E-state index contributed by atoms with van der Waals surface area (Å²) in [6.07, 6.45) is 2.14. The predicted octanol–water partition coefficient (Wildman–Crippen LogP) is 2.59. The summed E-state index contributed by atoms with van der Waals surface area (Å²) >= 11 is 3.46. The molecule has 0 saturated heterocycles. The first-order valence-electron chi connectivity index (χ1n) is 5.99. The zero-order chi connectivity index (χ0) is 13.2. The second kappa shape index (κ2) is 5.43. The summed E-state index contributed by atoms with van der Waals surface area (Å²) in [4.78, 5) is 0. The van der Waals surface area contributed by atoms with Crippen molar-refractivity contribution in [1.29, 1.82) is 0 Å². The molecule has 18 heavy (non-hydrogen) atoms. The van der Waals surface area contributed by atoms with Crippen LogP contribution in [-0.4, -0.2) is 30.4 Å². The Labute approximate surface area is 116 Å². The summed E-state index contributed by atoms with van der Waals surface area (Å²) in [5.74, 6) is 0.921. The van der Waals surface area contributed by atoms with Gasteiger partial charge in [0.2, 0.25) is 0 Å². The average molecular weight is 312 g/mol. The number of aliphatic hydroxyl groups is 1. The SMILES string of the molecule is CC(C)(O)CNCC1=Cc2cc(Br)ccc2OC1. The fourth-order valence-electron chi connectivity index (χ4n) is 1.83. The van der Waals surface area contributed by atoms with Gasteiger partial charge in [0.05, 0.1) is 5.60 Å². The van der Waals surface area contributed by atoms with Gasteiger partial charge < -0.3 is 15.2 Å². The molecule has 2 rings (SSSR count). The van der Waals surface area contributed by atoms with Crippen molar-refractivity contribution in [3.8, 4) is 5.75 Å². The molecule has 0 amide bonds. The topological polar surface area (TPSA) is 41.5 Å². The molecule has 1 aromatic carbocycles. The fraction of sp³-hybridized carbons (Fsp3) is 0.429. The summed E-state index contributed by atoms with van der Waals surface area (Å²) in [5.41, 5.74) is 1.59. The third-order valence-corrected chi connectivity index (χ3v) is 3.15. The van der Waals surface area contributed by atoms with Gasteiger partial charge in [-0.3, -0.25) is 0 Å². The Morgan fingerprint density at radius 2 is 2.22 bits per heavy atom. The van der Waals surface area contributed by atoms with E-state index in [0.717, 1.165) is 22.3 Å². The van der Waals surface area contributed by atoms with Crippen LogP contribution in [0.2, 0.25) is 0 Å². The minimum absolute atomic E-state index is 0.565. The van der Waals surface area contributed by atoms with Gasteiger partial charge in [0.1, 0.15) is 12.4 Å². The van der Waals surface area contributed by atoms with Crippen LogP contribution in [0.3, 0.4) is 0 Å². The van der Waals surface area contributed by atoms with Crippen LogP contribution in [0.25, 0.3) is 6.08 Å². The minimum Gasteiger partial charge on any atom is -0.489 e. The van der Waals surface area contributed by atoms with Crippen LogP contribution in [0.1, 0.15) is 19.4 Å². The van der Waals surface area contributed by atoms with Crippen LogP contribution in [-0.2, 0) is 0 Å². The molecule has 0 aromatic heterocycles. The Kier molecular flexibility index (Phi) is 4.10. The lowest BCUT2D eigenvalue weighted by atomic mass is 10.1. The number of rotatable bonds is 4. The van der Waals surface area contributed by atoms with Crippen molar-refractivity contribution in [3.05, 3.63) is 33.8 Å². The van der Waals surface area contributed by atoms with Crippen LogP contribution in [0.15, 0.2) is 28.2 Å². The van der Waals surface area contributed by atoms with Crippen molar-refractivity contribution >= 4 is 22.0 Å². The number of nitrogens with one attached hydrogen (secondary N) is 1. The van der Waals surface area contributed by atoms with E-state index in [4.69, 9.17) is 4.74 Å². The molecule has 1 aromatic rings. The zero-order valence-corrected chi connectivity index (χ0v) is 12.3. The molecule has 1 aliphatic heterocycles. The first-order chi connectivity index (χ1) is 8.44. The number of ether oxygens (including phenoxy) is 1. The number of hydrogen-bond donors (Lipinski definition) is 2. The summed E-state index contributed by atoms with van der Waals surface area (Å²) in [6, 6.07) is 5.99. The highest BCUT2D eigenvalue weighted by Crippen LogP contribution is 2.28. The Balaban J connectivity index is 1.99. The average Bonchev–Trinajstić information content (AvgIpc) is 2.26. The Hall–Kier alpha value is -0.840. The van der Waals surface area contributed by atoms with E-state index >= 15 is 0 Å². The van der Waals surface area contributed by atoms with E-state index in [9.17, 15) is 5.11 Å². The van der Waals surface area contributed by atoms with Crippen LogP contribution in [0.5, 0.6) is 5.75 Å². The van der Waals surface area contributed by atoms with Gasteiger partial charge in [0, 0.05) is 23.1 Å². The van der Waals surface area contributed by atoms with Crippen molar-refractivity contribution in [3.63, 3.8) is 0 Å². The van der Waals surface area contributed by atoms with E-state index in [2.05, 4.69) is 27.3 Å².